The Morgan fingerprint density at radius 3 is 2.35 bits per heavy atom. The second kappa shape index (κ2) is 11.7. The molecule has 2 atom stereocenters. The van der Waals surface area contributed by atoms with E-state index in [1.165, 1.54) is 21.9 Å². The van der Waals surface area contributed by atoms with Crippen LogP contribution in [0.1, 0.15) is 64.7 Å². The normalized spacial score (nSPS) is 25.1. The number of piperidine rings is 3. The number of nitrogens with zero attached hydrogens (tertiary/aromatic N) is 4. The Morgan fingerprint density at radius 1 is 1.02 bits per heavy atom. The Labute approximate surface area is 265 Å². The predicted octanol–water partition coefficient (Wildman–Crippen LogP) is 3.32. The molecule has 46 heavy (non-hydrogen) atoms. The number of alkyl halides is 3. The molecule has 2 aromatic carbocycles. The molecule has 13 heteroatoms. The minimum Gasteiger partial charge on any atom is -0.384 e. The number of carbonyl (C=O) groups excluding carboxylic acids is 4. The van der Waals surface area contributed by atoms with Crippen molar-refractivity contribution in [3.8, 4) is 0 Å². The van der Waals surface area contributed by atoms with Gasteiger partial charge in [-0.15, -0.1) is 0 Å². The summed E-state index contributed by atoms with van der Waals surface area (Å²) < 4.78 is 39.4. The van der Waals surface area contributed by atoms with Gasteiger partial charge in [0.05, 0.1) is 11.2 Å². The van der Waals surface area contributed by atoms with Crippen LogP contribution in [-0.2, 0) is 34.5 Å². The summed E-state index contributed by atoms with van der Waals surface area (Å²) >= 11 is 0. The van der Waals surface area contributed by atoms with Gasteiger partial charge in [0.15, 0.2) is 0 Å². The number of carbonyl (C=O) groups is 4. The first-order valence-electron chi connectivity index (χ1n) is 15.6. The van der Waals surface area contributed by atoms with Crippen LogP contribution in [0.3, 0.4) is 0 Å². The van der Waals surface area contributed by atoms with E-state index in [2.05, 4.69) is 10.2 Å². The van der Waals surface area contributed by atoms with Crippen molar-refractivity contribution in [3.63, 3.8) is 0 Å². The lowest BCUT2D eigenvalue weighted by atomic mass is 9.59. The van der Waals surface area contributed by atoms with Crippen LogP contribution < -0.4 is 5.32 Å². The molecule has 6 rings (SSSR count). The highest BCUT2D eigenvalue weighted by atomic mass is 19.4. The number of imide groups is 1. The maximum Gasteiger partial charge on any atom is 0.416 e. The lowest BCUT2D eigenvalue weighted by Crippen LogP contribution is -2.62. The molecular formula is C33H38F3N5O5. The molecule has 0 aromatic heterocycles. The van der Waals surface area contributed by atoms with E-state index in [4.69, 9.17) is 0 Å². The van der Waals surface area contributed by atoms with E-state index in [1.54, 1.807) is 31.1 Å². The summed E-state index contributed by atoms with van der Waals surface area (Å²) in [6.07, 6.45) is -2.65. The first-order chi connectivity index (χ1) is 21.7. The van der Waals surface area contributed by atoms with E-state index in [0.29, 0.717) is 68.7 Å². The summed E-state index contributed by atoms with van der Waals surface area (Å²) in [5.41, 5.74) is -0.147. The molecule has 0 saturated carbocycles. The van der Waals surface area contributed by atoms with Gasteiger partial charge in [0.2, 0.25) is 11.8 Å². The number of rotatable bonds is 4. The topological polar surface area (TPSA) is 114 Å². The molecule has 0 aliphatic carbocycles. The zero-order valence-corrected chi connectivity index (χ0v) is 25.9. The zero-order chi connectivity index (χ0) is 33.0. The number of urea groups is 1. The SMILES string of the molecule is CN(C)C(=O)N1CCC2(CC1)CN(Cc1ccc(C(F)(F)F)cc1)CCC2(O)c1ccc2c(c1)CN(C1CCC(=O)NC1=O)C2=O. The molecule has 2 unspecified atom stereocenters. The maximum atomic E-state index is 13.3. The van der Waals surface area contributed by atoms with Gasteiger partial charge in [-0.25, -0.2) is 4.79 Å². The fourth-order valence-corrected chi connectivity index (χ4v) is 7.68. The molecule has 2 aromatic rings. The molecule has 4 aliphatic heterocycles. The van der Waals surface area contributed by atoms with Gasteiger partial charge < -0.3 is 19.8 Å². The molecule has 4 heterocycles. The highest BCUT2D eigenvalue weighted by Gasteiger charge is 2.56. The molecule has 10 nitrogen and oxygen atoms in total. The van der Waals surface area contributed by atoms with Crippen LogP contribution in [0.15, 0.2) is 42.5 Å². The summed E-state index contributed by atoms with van der Waals surface area (Å²) in [6, 6.07) is 9.60. The summed E-state index contributed by atoms with van der Waals surface area (Å²) in [4.78, 5) is 57.2. The van der Waals surface area contributed by atoms with Crippen LogP contribution in [0.25, 0.3) is 0 Å². The molecule has 5 amide bonds. The van der Waals surface area contributed by atoms with Crippen molar-refractivity contribution in [2.45, 2.75) is 63.0 Å². The molecule has 1 spiro atoms. The van der Waals surface area contributed by atoms with E-state index in [0.717, 1.165) is 17.7 Å². The van der Waals surface area contributed by atoms with E-state index in [9.17, 15) is 37.5 Å². The summed E-state index contributed by atoms with van der Waals surface area (Å²) in [7, 11) is 3.39. The van der Waals surface area contributed by atoms with Gasteiger partial charge in [0.1, 0.15) is 6.04 Å². The van der Waals surface area contributed by atoms with Gasteiger partial charge >= 0.3 is 12.2 Å². The monoisotopic (exact) mass is 641 g/mol. The summed E-state index contributed by atoms with van der Waals surface area (Å²) in [5, 5.41) is 15.0. The predicted molar refractivity (Wildman–Crippen MR) is 160 cm³/mol. The van der Waals surface area contributed by atoms with Crippen LogP contribution in [-0.4, -0.2) is 94.8 Å². The molecule has 0 bridgehead atoms. The largest absolute Gasteiger partial charge is 0.416 e. The van der Waals surface area contributed by atoms with Gasteiger partial charge in [-0.05, 0) is 60.6 Å². The highest BCUT2D eigenvalue weighted by molar-refractivity contribution is 6.05. The Morgan fingerprint density at radius 2 is 1.72 bits per heavy atom. The standard InChI is InChI=1S/C33H38F3N5O5/c1-38(2)30(45)40-15-11-31(12-16-40)20-39(18-21-3-5-23(6-4-21)33(34,35)36)14-13-32(31,46)24-7-8-25-22(17-24)19-41(29(25)44)26-9-10-27(42)37-28(26)43/h3-8,17,26,46H,9-16,18-20H2,1-2H3,(H,37,42,43). The van der Waals surface area contributed by atoms with Crippen LogP contribution in [0.5, 0.6) is 0 Å². The number of nitrogens with one attached hydrogen (secondary N) is 1. The number of hydrogen-bond acceptors (Lipinski definition) is 6. The van der Waals surface area contributed by atoms with E-state index in [-0.39, 0.29) is 37.2 Å². The van der Waals surface area contributed by atoms with Gasteiger partial charge in [-0.1, -0.05) is 24.3 Å². The highest BCUT2D eigenvalue weighted by Crippen LogP contribution is 2.53. The number of likely N-dealkylation sites (tertiary alicyclic amines) is 2. The average molecular weight is 642 g/mol. The third-order valence-corrected chi connectivity index (χ3v) is 10.3. The zero-order valence-electron chi connectivity index (χ0n) is 25.9. The fourth-order valence-electron chi connectivity index (χ4n) is 7.68. The number of halogens is 3. The summed E-state index contributed by atoms with van der Waals surface area (Å²) in [6.45, 7) is 2.41. The summed E-state index contributed by atoms with van der Waals surface area (Å²) in [5.74, 6) is -1.14. The molecule has 4 aliphatic rings. The van der Waals surface area contributed by atoms with Crippen LogP contribution in [0.4, 0.5) is 18.0 Å². The van der Waals surface area contributed by atoms with Gasteiger partial charge in [-0.2, -0.15) is 13.2 Å². The van der Waals surface area contributed by atoms with Crippen molar-refractivity contribution in [3.05, 3.63) is 70.3 Å². The Bertz CT molecular complexity index is 1550. The van der Waals surface area contributed by atoms with Gasteiger partial charge in [0, 0.05) is 70.8 Å². The van der Waals surface area contributed by atoms with Crippen LogP contribution >= 0.6 is 0 Å². The molecule has 3 fully saturated rings. The molecule has 0 radical (unpaired) electrons. The van der Waals surface area contributed by atoms with Crippen molar-refractivity contribution in [2.75, 3.05) is 40.3 Å². The van der Waals surface area contributed by atoms with Crippen LogP contribution in [0, 0.1) is 5.41 Å². The minimum absolute atomic E-state index is 0.111. The fraction of sp³-hybridized carbons (Fsp3) is 0.515. The van der Waals surface area contributed by atoms with Crippen molar-refractivity contribution in [2.24, 2.45) is 5.41 Å². The van der Waals surface area contributed by atoms with E-state index >= 15 is 0 Å². The Balaban J connectivity index is 1.27. The molecular weight excluding hydrogens is 603 g/mol. The van der Waals surface area contributed by atoms with Gasteiger partial charge in [-0.3, -0.25) is 24.6 Å². The smallest absolute Gasteiger partial charge is 0.384 e. The quantitative estimate of drug-likeness (QED) is 0.496. The maximum absolute atomic E-state index is 13.3. The lowest BCUT2D eigenvalue weighted by molar-refractivity contribution is -0.163. The van der Waals surface area contributed by atoms with Crippen molar-refractivity contribution in [1.82, 2.24) is 24.9 Å². The number of benzene rings is 2. The lowest BCUT2D eigenvalue weighted by Gasteiger charge is -2.57. The second-order valence-corrected chi connectivity index (χ2v) is 13.2. The van der Waals surface area contributed by atoms with E-state index in [1.807, 2.05) is 6.07 Å². The first kappa shape index (κ1) is 32.0. The average Bonchev–Trinajstić information content (AvgIpc) is 3.34. The van der Waals surface area contributed by atoms with E-state index < -0.39 is 34.7 Å². The second-order valence-electron chi connectivity index (χ2n) is 13.2. The number of hydrogen-bond donors (Lipinski definition) is 2. The molecule has 2 N–H and O–H groups in total. The van der Waals surface area contributed by atoms with Crippen molar-refractivity contribution in [1.29, 1.82) is 0 Å². The third-order valence-electron chi connectivity index (χ3n) is 10.3. The minimum atomic E-state index is -4.42. The number of aliphatic hydroxyl groups is 1. The van der Waals surface area contributed by atoms with Crippen molar-refractivity contribution >= 4 is 23.8 Å². The first-order valence-corrected chi connectivity index (χ1v) is 15.6. The Hall–Kier alpha value is -3.97. The van der Waals surface area contributed by atoms with Crippen molar-refractivity contribution < 1.29 is 37.5 Å². The van der Waals surface area contributed by atoms with Crippen LogP contribution in [0.2, 0.25) is 0 Å². The third kappa shape index (κ3) is 5.63. The number of fused-ring (bicyclic) bond motifs is 1. The Kier molecular flexibility index (Phi) is 8.12. The number of amides is 5. The molecule has 246 valence electrons. The molecule has 3 saturated heterocycles. The van der Waals surface area contributed by atoms with Gasteiger partial charge in [0.25, 0.3) is 5.91 Å².